The summed E-state index contributed by atoms with van der Waals surface area (Å²) >= 11 is 0. The number of rotatable bonds is 2. The molecule has 0 radical (unpaired) electrons. The van der Waals surface area contributed by atoms with E-state index in [1.54, 1.807) is 0 Å². The summed E-state index contributed by atoms with van der Waals surface area (Å²) in [6, 6.07) is 29.1. The van der Waals surface area contributed by atoms with Crippen molar-refractivity contribution in [3.05, 3.63) is 90.0 Å². The van der Waals surface area contributed by atoms with Gasteiger partial charge in [0.1, 0.15) is 0 Å². The Bertz CT molecular complexity index is 886. The summed E-state index contributed by atoms with van der Waals surface area (Å²) in [6.45, 7) is 8.82. The summed E-state index contributed by atoms with van der Waals surface area (Å²) in [6.07, 6.45) is 0. The van der Waals surface area contributed by atoms with E-state index in [9.17, 15) is 0 Å². The SMILES string of the molecule is CC(C)c1[c-]c(C(C)C)ccc1.[Ti+2].c1ccc2c(c1)[cH-]c1ccccc12. The number of fused-ring (bicyclic) bond motifs is 3. The van der Waals surface area contributed by atoms with Crippen LogP contribution in [0.1, 0.15) is 50.7 Å². The minimum atomic E-state index is 0. The van der Waals surface area contributed by atoms with Gasteiger partial charge in [-0.2, -0.15) is 35.4 Å². The average Bonchev–Trinajstić information content (AvgIpc) is 3.01. The van der Waals surface area contributed by atoms with Crippen molar-refractivity contribution in [1.29, 1.82) is 0 Å². The zero-order chi connectivity index (χ0) is 17.8. The summed E-state index contributed by atoms with van der Waals surface area (Å²) in [5.74, 6) is 1.17. The first-order valence-electron chi connectivity index (χ1n) is 9.11. The monoisotopic (exact) mass is 374 g/mol. The Kier molecular flexibility index (Phi) is 7.32. The molecular weight excluding hydrogens is 348 g/mol. The normalized spacial score (nSPS) is 10.7. The first-order chi connectivity index (χ1) is 12.1. The molecule has 0 N–H and O–H groups in total. The number of benzene rings is 3. The van der Waals surface area contributed by atoms with Gasteiger partial charge < -0.3 is 0 Å². The molecule has 0 bridgehead atoms. The fourth-order valence-corrected chi connectivity index (χ4v) is 3.08. The second-order valence-electron chi connectivity index (χ2n) is 7.19. The molecule has 0 fully saturated rings. The number of hydrogen-bond acceptors (Lipinski definition) is 0. The third kappa shape index (κ3) is 4.69. The van der Waals surface area contributed by atoms with E-state index < -0.39 is 0 Å². The van der Waals surface area contributed by atoms with Crippen LogP contribution in [0.2, 0.25) is 0 Å². The van der Waals surface area contributed by atoms with Gasteiger partial charge in [-0.3, -0.25) is 0 Å². The third-order valence-corrected chi connectivity index (χ3v) is 4.61. The van der Waals surface area contributed by atoms with E-state index in [1.807, 2.05) is 0 Å². The molecule has 0 saturated carbocycles. The fraction of sp³-hybridized carbons (Fsp3) is 0.240. The summed E-state index contributed by atoms with van der Waals surface area (Å²) < 4.78 is 0. The van der Waals surface area contributed by atoms with E-state index in [-0.39, 0.29) is 21.7 Å². The Hall–Kier alpha value is -1.76. The maximum absolute atomic E-state index is 3.44. The minimum absolute atomic E-state index is 0. The van der Waals surface area contributed by atoms with Crippen LogP contribution in [0.3, 0.4) is 0 Å². The van der Waals surface area contributed by atoms with Crippen LogP contribution in [0.15, 0.2) is 72.8 Å². The van der Waals surface area contributed by atoms with Gasteiger partial charge in [0.05, 0.1) is 0 Å². The Morgan fingerprint density at radius 1 is 0.615 bits per heavy atom. The Labute approximate surface area is 172 Å². The van der Waals surface area contributed by atoms with Crippen molar-refractivity contribution < 1.29 is 21.7 Å². The largest absolute Gasteiger partial charge is 2.00 e. The quantitative estimate of drug-likeness (QED) is 0.253. The third-order valence-electron chi connectivity index (χ3n) is 4.61. The van der Waals surface area contributed by atoms with Crippen LogP contribution in [-0.2, 0) is 21.7 Å². The van der Waals surface area contributed by atoms with E-state index in [2.05, 4.69) is 107 Å². The van der Waals surface area contributed by atoms with Gasteiger partial charge in [-0.05, 0) is 11.8 Å². The molecule has 0 nitrogen and oxygen atoms in total. The van der Waals surface area contributed by atoms with Crippen molar-refractivity contribution in [2.75, 3.05) is 0 Å². The molecule has 0 aliphatic carbocycles. The molecule has 0 aliphatic heterocycles. The van der Waals surface area contributed by atoms with Gasteiger partial charge in [-0.1, -0.05) is 64.1 Å². The molecular formula is C25H26Ti. The Morgan fingerprint density at radius 2 is 1.04 bits per heavy atom. The summed E-state index contributed by atoms with van der Waals surface area (Å²) in [7, 11) is 0. The first-order valence-corrected chi connectivity index (χ1v) is 9.11. The maximum atomic E-state index is 3.44. The zero-order valence-electron chi connectivity index (χ0n) is 16.1. The molecule has 4 aromatic rings. The zero-order valence-corrected chi connectivity index (χ0v) is 17.6. The van der Waals surface area contributed by atoms with E-state index >= 15 is 0 Å². The van der Waals surface area contributed by atoms with Gasteiger partial charge in [0, 0.05) is 0 Å². The molecule has 26 heavy (non-hydrogen) atoms. The van der Waals surface area contributed by atoms with Gasteiger partial charge in [0.2, 0.25) is 0 Å². The molecule has 4 rings (SSSR count). The molecule has 130 valence electrons. The second kappa shape index (κ2) is 9.26. The van der Waals surface area contributed by atoms with Gasteiger partial charge >= 0.3 is 21.7 Å². The molecule has 0 amide bonds. The van der Waals surface area contributed by atoms with Gasteiger partial charge in [0.15, 0.2) is 0 Å². The van der Waals surface area contributed by atoms with E-state index in [0.717, 1.165) is 0 Å². The summed E-state index contributed by atoms with van der Waals surface area (Å²) in [5, 5.41) is 5.39. The van der Waals surface area contributed by atoms with Crippen molar-refractivity contribution in [2.45, 2.75) is 39.5 Å². The molecule has 0 unspecified atom stereocenters. The van der Waals surface area contributed by atoms with E-state index in [4.69, 9.17) is 0 Å². The predicted molar refractivity (Wildman–Crippen MR) is 111 cm³/mol. The second-order valence-corrected chi connectivity index (χ2v) is 7.19. The van der Waals surface area contributed by atoms with Crippen LogP contribution in [0, 0.1) is 6.07 Å². The van der Waals surface area contributed by atoms with Crippen LogP contribution in [0.25, 0.3) is 21.5 Å². The molecule has 0 heterocycles. The van der Waals surface area contributed by atoms with Crippen molar-refractivity contribution in [2.24, 2.45) is 0 Å². The molecule has 0 aliphatic rings. The minimum Gasteiger partial charge on any atom is -0.176 e. The summed E-state index contributed by atoms with van der Waals surface area (Å²) in [4.78, 5) is 0. The van der Waals surface area contributed by atoms with Crippen LogP contribution >= 0.6 is 0 Å². The summed E-state index contributed by atoms with van der Waals surface area (Å²) in [5.41, 5.74) is 2.64. The van der Waals surface area contributed by atoms with E-state index in [0.29, 0.717) is 11.8 Å². The van der Waals surface area contributed by atoms with Crippen molar-refractivity contribution in [1.82, 2.24) is 0 Å². The topological polar surface area (TPSA) is 0 Å². The van der Waals surface area contributed by atoms with Gasteiger partial charge in [0.25, 0.3) is 0 Å². The van der Waals surface area contributed by atoms with Crippen LogP contribution < -0.4 is 0 Å². The first kappa shape index (κ1) is 20.6. The molecule has 0 saturated heterocycles. The van der Waals surface area contributed by atoms with E-state index in [1.165, 1.54) is 32.7 Å². The molecule has 0 atom stereocenters. The van der Waals surface area contributed by atoms with Crippen LogP contribution in [0.5, 0.6) is 0 Å². The standard InChI is InChI=1S/C13H9.C12H17.Ti/c1-3-7-12-10(5-1)9-11-6-2-4-8-13(11)12;1-9(2)11-6-5-7-12(8-11)10(3)4;/h1-9H;5-7,9-10H,1-4H3;/q2*-1;+2. The van der Waals surface area contributed by atoms with Crippen molar-refractivity contribution >= 4 is 21.5 Å². The Balaban J connectivity index is 0.000000181. The molecule has 4 aromatic carbocycles. The van der Waals surface area contributed by atoms with Crippen LogP contribution in [0.4, 0.5) is 0 Å². The fourth-order valence-electron chi connectivity index (χ4n) is 3.08. The number of hydrogen-bond donors (Lipinski definition) is 0. The van der Waals surface area contributed by atoms with Crippen molar-refractivity contribution in [3.63, 3.8) is 0 Å². The van der Waals surface area contributed by atoms with Crippen molar-refractivity contribution in [3.8, 4) is 0 Å². The average molecular weight is 374 g/mol. The maximum Gasteiger partial charge on any atom is 2.00 e. The predicted octanol–water partition coefficient (Wildman–Crippen LogP) is 7.44. The van der Waals surface area contributed by atoms with Crippen LogP contribution in [-0.4, -0.2) is 0 Å². The van der Waals surface area contributed by atoms with Gasteiger partial charge in [-0.15, -0.1) is 39.7 Å². The molecule has 0 aromatic heterocycles. The molecule has 1 heteroatoms. The smallest absolute Gasteiger partial charge is 0.176 e. The van der Waals surface area contributed by atoms with Gasteiger partial charge in [-0.25, -0.2) is 0 Å². The Morgan fingerprint density at radius 3 is 1.46 bits per heavy atom. The molecule has 0 spiro atoms.